The average molecular weight is 360 g/mol. The van der Waals surface area contributed by atoms with Gasteiger partial charge in [0.15, 0.2) is 23.0 Å². The lowest BCUT2D eigenvalue weighted by Crippen LogP contribution is -2.06. The molecular formula is C21H28O5. The first-order valence-corrected chi connectivity index (χ1v) is 9.22. The molecule has 0 saturated heterocycles. The van der Waals surface area contributed by atoms with E-state index in [0.29, 0.717) is 48.6 Å². The predicted octanol–water partition coefficient (Wildman–Crippen LogP) is 5.55. The van der Waals surface area contributed by atoms with E-state index in [1.54, 1.807) is 30.3 Å². The van der Waals surface area contributed by atoms with Crippen LogP contribution in [-0.4, -0.2) is 24.9 Å². The third kappa shape index (κ3) is 5.22. The molecule has 0 aliphatic heterocycles. The molecule has 0 radical (unpaired) electrons. The van der Waals surface area contributed by atoms with E-state index in [1.807, 2.05) is 19.9 Å². The van der Waals surface area contributed by atoms with E-state index in [-0.39, 0.29) is 5.75 Å². The zero-order valence-corrected chi connectivity index (χ0v) is 15.8. The van der Waals surface area contributed by atoms with E-state index >= 15 is 0 Å². The van der Waals surface area contributed by atoms with Crippen molar-refractivity contribution in [2.75, 3.05) is 19.8 Å². The fourth-order valence-electron chi connectivity index (χ4n) is 2.28. The van der Waals surface area contributed by atoms with Crippen LogP contribution in [0.25, 0.3) is 0 Å². The predicted molar refractivity (Wildman–Crippen MR) is 102 cm³/mol. The third-order valence-corrected chi connectivity index (χ3v) is 3.49. The van der Waals surface area contributed by atoms with Crippen molar-refractivity contribution in [2.24, 2.45) is 0 Å². The number of hydrogen-bond acceptors (Lipinski definition) is 5. The summed E-state index contributed by atoms with van der Waals surface area (Å²) in [5, 5.41) is 10.00. The van der Waals surface area contributed by atoms with E-state index in [1.165, 1.54) is 0 Å². The van der Waals surface area contributed by atoms with Gasteiger partial charge < -0.3 is 24.1 Å². The van der Waals surface area contributed by atoms with Crippen molar-refractivity contribution in [3.05, 3.63) is 36.4 Å². The van der Waals surface area contributed by atoms with Gasteiger partial charge in [-0.05, 0) is 43.5 Å². The first kappa shape index (κ1) is 19.8. The van der Waals surface area contributed by atoms with Crippen molar-refractivity contribution < 1.29 is 24.1 Å². The highest BCUT2D eigenvalue weighted by Crippen LogP contribution is 2.47. The lowest BCUT2D eigenvalue weighted by Gasteiger charge is -2.19. The molecule has 1 N–H and O–H groups in total. The summed E-state index contributed by atoms with van der Waals surface area (Å²) in [6.07, 6.45) is 2.61. The minimum absolute atomic E-state index is 0.0660. The second kappa shape index (κ2) is 10.4. The molecule has 26 heavy (non-hydrogen) atoms. The van der Waals surface area contributed by atoms with Crippen LogP contribution in [0.15, 0.2) is 36.4 Å². The standard InChI is InChI=1S/C21H28O5/c1-4-13-23-18-11-12-19(26-17-10-8-7-9-16(17)22)21(25-15-6-3)20(18)24-14-5-2/h7-12,22H,4-6,13-15H2,1-3H3. The molecule has 2 aromatic rings. The quantitative estimate of drug-likeness (QED) is 0.569. The highest BCUT2D eigenvalue weighted by molar-refractivity contribution is 5.60. The summed E-state index contributed by atoms with van der Waals surface area (Å²) < 4.78 is 23.6. The number of para-hydroxylation sites is 2. The molecule has 2 rings (SSSR count). The fraction of sp³-hybridized carbons (Fsp3) is 0.429. The van der Waals surface area contributed by atoms with Gasteiger partial charge in [-0.25, -0.2) is 0 Å². The minimum atomic E-state index is 0.0660. The largest absolute Gasteiger partial charge is 0.504 e. The highest BCUT2D eigenvalue weighted by atomic mass is 16.6. The number of phenols is 1. The number of benzene rings is 2. The molecule has 0 aliphatic rings. The van der Waals surface area contributed by atoms with Crippen LogP contribution >= 0.6 is 0 Å². The molecule has 0 saturated carbocycles. The molecule has 0 amide bonds. The van der Waals surface area contributed by atoms with Crippen LogP contribution in [0.1, 0.15) is 40.0 Å². The first-order chi connectivity index (χ1) is 12.7. The van der Waals surface area contributed by atoms with Crippen molar-refractivity contribution in [3.63, 3.8) is 0 Å². The van der Waals surface area contributed by atoms with Crippen LogP contribution in [0.5, 0.6) is 34.5 Å². The Bertz CT molecular complexity index is 684. The lowest BCUT2D eigenvalue weighted by molar-refractivity contribution is 0.236. The van der Waals surface area contributed by atoms with E-state index in [2.05, 4.69) is 6.92 Å². The second-order valence-electron chi connectivity index (χ2n) is 5.84. The molecule has 0 fully saturated rings. The van der Waals surface area contributed by atoms with Crippen molar-refractivity contribution in [3.8, 4) is 34.5 Å². The summed E-state index contributed by atoms with van der Waals surface area (Å²) in [5.41, 5.74) is 0. The van der Waals surface area contributed by atoms with Gasteiger partial charge in [0.05, 0.1) is 19.8 Å². The molecule has 0 atom stereocenters. The number of hydrogen-bond donors (Lipinski definition) is 1. The molecule has 2 aromatic carbocycles. The van der Waals surface area contributed by atoms with E-state index < -0.39 is 0 Å². The Kier molecular flexibility index (Phi) is 7.93. The Hall–Kier alpha value is -2.56. The van der Waals surface area contributed by atoms with Crippen LogP contribution in [0, 0.1) is 0 Å². The molecule has 5 nitrogen and oxygen atoms in total. The van der Waals surface area contributed by atoms with Crippen molar-refractivity contribution >= 4 is 0 Å². The van der Waals surface area contributed by atoms with Crippen molar-refractivity contribution in [2.45, 2.75) is 40.0 Å². The third-order valence-electron chi connectivity index (χ3n) is 3.49. The van der Waals surface area contributed by atoms with Gasteiger partial charge in [-0.1, -0.05) is 32.9 Å². The zero-order valence-electron chi connectivity index (χ0n) is 15.8. The van der Waals surface area contributed by atoms with Gasteiger partial charge in [0.25, 0.3) is 0 Å². The number of aromatic hydroxyl groups is 1. The van der Waals surface area contributed by atoms with Gasteiger partial charge in [-0.3, -0.25) is 0 Å². The van der Waals surface area contributed by atoms with Crippen LogP contribution in [0.3, 0.4) is 0 Å². The normalized spacial score (nSPS) is 10.4. The van der Waals surface area contributed by atoms with Crippen LogP contribution < -0.4 is 18.9 Å². The highest BCUT2D eigenvalue weighted by Gasteiger charge is 2.20. The molecule has 0 bridgehead atoms. The maximum absolute atomic E-state index is 10.00. The molecule has 0 heterocycles. The molecule has 5 heteroatoms. The smallest absolute Gasteiger partial charge is 0.208 e. The van der Waals surface area contributed by atoms with E-state index in [4.69, 9.17) is 18.9 Å². The Morgan fingerprint density at radius 2 is 1.19 bits per heavy atom. The van der Waals surface area contributed by atoms with Gasteiger partial charge in [-0.2, -0.15) is 0 Å². The van der Waals surface area contributed by atoms with Crippen molar-refractivity contribution in [1.29, 1.82) is 0 Å². The van der Waals surface area contributed by atoms with Gasteiger partial charge in [-0.15, -0.1) is 0 Å². The Labute approximate surface area is 155 Å². The SMILES string of the molecule is CCCOc1ccc(Oc2ccccc2O)c(OCCC)c1OCCC. The topological polar surface area (TPSA) is 57.2 Å². The van der Waals surface area contributed by atoms with Gasteiger partial charge in [0.1, 0.15) is 0 Å². The molecular weight excluding hydrogens is 332 g/mol. The summed E-state index contributed by atoms with van der Waals surface area (Å²) in [5.74, 6) is 2.58. The monoisotopic (exact) mass is 360 g/mol. The molecule has 0 aliphatic carbocycles. The summed E-state index contributed by atoms with van der Waals surface area (Å²) in [6.45, 7) is 7.79. The Morgan fingerprint density at radius 3 is 1.81 bits per heavy atom. The van der Waals surface area contributed by atoms with Crippen LogP contribution in [0.4, 0.5) is 0 Å². The van der Waals surface area contributed by atoms with E-state index in [9.17, 15) is 5.11 Å². The number of rotatable bonds is 11. The summed E-state index contributed by atoms with van der Waals surface area (Å²) in [4.78, 5) is 0. The second-order valence-corrected chi connectivity index (χ2v) is 5.84. The minimum Gasteiger partial charge on any atom is -0.504 e. The van der Waals surface area contributed by atoms with Crippen LogP contribution in [-0.2, 0) is 0 Å². The molecule has 0 aromatic heterocycles. The molecule has 0 spiro atoms. The van der Waals surface area contributed by atoms with Gasteiger partial charge >= 0.3 is 0 Å². The number of ether oxygens (including phenoxy) is 4. The maximum atomic E-state index is 10.00. The summed E-state index contributed by atoms with van der Waals surface area (Å²) in [7, 11) is 0. The molecule has 0 unspecified atom stereocenters. The van der Waals surface area contributed by atoms with E-state index in [0.717, 1.165) is 19.3 Å². The molecule has 142 valence electrons. The number of phenolic OH excluding ortho intramolecular Hbond substituents is 1. The summed E-state index contributed by atoms with van der Waals surface area (Å²) >= 11 is 0. The zero-order chi connectivity index (χ0) is 18.8. The lowest BCUT2D eigenvalue weighted by atomic mass is 10.2. The summed E-state index contributed by atoms with van der Waals surface area (Å²) in [6, 6.07) is 10.4. The average Bonchev–Trinajstić information content (AvgIpc) is 2.66. The maximum Gasteiger partial charge on any atom is 0.208 e. The Morgan fingerprint density at radius 1 is 0.654 bits per heavy atom. The van der Waals surface area contributed by atoms with Gasteiger partial charge in [0.2, 0.25) is 11.5 Å². The Balaban J connectivity index is 2.42. The fourth-order valence-corrected chi connectivity index (χ4v) is 2.28. The first-order valence-electron chi connectivity index (χ1n) is 9.22. The van der Waals surface area contributed by atoms with Gasteiger partial charge in [0, 0.05) is 0 Å². The van der Waals surface area contributed by atoms with Crippen molar-refractivity contribution in [1.82, 2.24) is 0 Å². The van der Waals surface area contributed by atoms with Crippen LogP contribution in [0.2, 0.25) is 0 Å².